The highest BCUT2D eigenvalue weighted by Gasteiger charge is 1.88. The van der Waals surface area contributed by atoms with Crippen LogP contribution in [0.1, 0.15) is 11.1 Å². The quantitative estimate of drug-likeness (QED) is 0.617. The molecule has 1 heteroatoms. The maximum atomic E-state index is 5.48. The van der Waals surface area contributed by atoms with Crippen LogP contribution in [0.2, 0.25) is 0 Å². The molecule has 0 atom stereocenters. The Hall–Kier alpha value is -1.52. The van der Waals surface area contributed by atoms with E-state index < -0.39 is 0 Å². The molecule has 1 aromatic rings. The Kier molecular flexibility index (Phi) is 3.13. The predicted octanol–water partition coefficient (Wildman–Crippen LogP) is 1.68. The number of rotatable bonds is 1. The van der Waals surface area contributed by atoms with Crippen molar-refractivity contribution < 1.29 is 0 Å². The second kappa shape index (κ2) is 4.38. The molecule has 0 spiro atoms. The Morgan fingerprint density at radius 2 is 2.33 bits per heavy atom. The molecule has 0 aliphatic rings. The summed E-state index contributed by atoms with van der Waals surface area (Å²) in [5.74, 6) is 5.73. The van der Waals surface area contributed by atoms with Crippen molar-refractivity contribution in [3.8, 4) is 11.8 Å². The summed E-state index contributed by atoms with van der Waals surface area (Å²) in [7, 11) is 0. The van der Waals surface area contributed by atoms with Crippen molar-refractivity contribution in [3.63, 3.8) is 0 Å². The lowest BCUT2D eigenvalue weighted by Gasteiger charge is -1.95. The minimum atomic E-state index is 0.559. The Morgan fingerprint density at radius 3 is 3.00 bits per heavy atom. The van der Waals surface area contributed by atoms with Crippen LogP contribution in [-0.2, 0) is 6.54 Å². The first-order valence-electron chi connectivity index (χ1n) is 3.78. The van der Waals surface area contributed by atoms with Crippen LogP contribution in [-0.4, -0.2) is 0 Å². The van der Waals surface area contributed by atoms with Gasteiger partial charge in [-0.15, -0.1) is 0 Å². The molecule has 0 saturated carbocycles. The lowest BCUT2D eigenvalue weighted by molar-refractivity contribution is 1.07. The third kappa shape index (κ3) is 2.26. The molecule has 1 rings (SSSR count). The summed E-state index contributed by atoms with van der Waals surface area (Å²) in [6.45, 7) is 4.08. The van der Waals surface area contributed by atoms with Gasteiger partial charge < -0.3 is 5.73 Å². The lowest BCUT2D eigenvalue weighted by atomic mass is 10.1. The molecule has 0 aliphatic heterocycles. The average molecular weight is 157 g/mol. The summed E-state index contributed by atoms with van der Waals surface area (Å²) in [6, 6.07) is 7.88. The van der Waals surface area contributed by atoms with Crippen LogP contribution < -0.4 is 5.73 Å². The van der Waals surface area contributed by atoms with Gasteiger partial charge in [-0.05, 0) is 23.8 Å². The summed E-state index contributed by atoms with van der Waals surface area (Å²) in [6.07, 6.45) is 1.58. The minimum Gasteiger partial charge on any atom is -0.326 e. The van der Waals surface area contributed by atoms with E-state index >= 15 is 0 Å². The van der Waals surface area contributed by atoms with E-state index in [1.807, 2.05) is 24.3 Å². The first kappa shape index (κ1) is 8.58. The second-order valence-electron chi connectivity index (χ2n) is 2.38. The van der Waals surface area contributed by atoms with Gasteiger partial charge in [-0.2, -0.15) is 0 Å². The number of hydrogen-bond acceptors (Lipinski definition) is 1. The van der Waals surface area contributed by atoms with E-state index in [4.69, 9.17) is 5.73 Å². The molecule has 0 radical (unpaired) electrons. The summed E-state index contributed by atoms with van der Waals surface area (Å²) < 4.78 is 0. The Balaban J connectivity index is 2.93. The monoisotopic (exact) mass is 157 g/mol. The lowest BCUT2D eigenvalue weighted by Crippen LogP contribution is -1.95. The van der Waals surface area contributed by atoms with Gasteiger partial charge >= 0.3 is 0 Å². The molecule has 0 amide bonds. The first-order chi connectivity index (χ1) is 5.86. The van der Waals surface area contributed by atoms with Crippen molar-refractivity contribution in [1.82, 2.24) is 0 Å². The number of nitrogens with two attached hydrogens (primary N) is 1. The molecule has 1 nitrogen and oxygen atoms in total. The van der Waals surface area contributed by atoms with Crippen molar-refractivity contribution in [2.45, 2.75) is 6.54 Å². The van der Waals surface area contributed by atoms with E-state index in [1.165, 1.54) is 0 Å². The summed E-state index contributed by atoms with van der Waals surface area (Å²) in [5, 5.41) is 0. The molecule has 0 fully saturated rings. The average Bonchev–Trinajstić information content (AvgIpc) is 2.15. The van der Waals surface area contributed by atoms with E-state index in [1.54, 1.807) is 6.08 Å². The molecule has 0 aliphatic carbocycles. The molecular formula is C11H11N. The first-order valence-corrected chi connectivity index (χ1v) is 3.78. The third-order valence-electron chi connectivity index (χ3n) is 1.48. The summed E-state index contributed by atoms with van der Waals surface area (Å²) in [4.78, 5) is 0. The Labute approximate surface area is 72.9 Å². The van der Waals surface area contributed by atoms with Crippen molar-refractivity contribution in [1.29, 1.82) is 0 Å². The van der Waals surface area contributed by atoms with Crippen molar-refractivity contribution in [3.05, 3.63) is 48.0 Å². The molecule has 60 valence electrons. The smallest absolute Gasteiger partial charge is 0.0252 e. The fourth-order valence-corrected chi connectivity index (χ4v) is 0.910. The number of allylic oxidation sites excluding steroid dienone is 1. The molecule has 0 bridgehead atoms. The molecule has 0 heterocycles. The normalized spacial score (nSPS) is 8.42. The van der Waals surface area contributed by atoms with E-state index in [-0.39, 0.29) is 0 Å². The maximum absolute atomic E-state index is 5.48. The topological polar surface area (TPSA) is 26.0 Å². The fraction of sp³-hybridized carbons (Fsp3) is 0.0909. The van der Waals surface area contributed by atoms with Gasteiger partial charge in [0.05, 0.1) is 0 Å². The van der Waals surface area contributed by atoms with Crippen LogP contribution in [0.4, 0.5) is 0 Å². The van der Waals surface area contributed by atoms with Gasteiger partial charge in [0.1, 0.15) is 0 Å². The van der Waals surface area contributed by atoms with Crippen LogP contribution in [0.3, 0.4) is 0 Å². The van der Waals surface area contributed by atoms with Crippen LogP contribution >= 0.6 is 0 Å². The molecule has 0 aromatic heterocycles. The fourth-order valence-electron chi connectivity index (χ4n) is 0.910. The zero-order chi connectivity index (χ0) is 8.81. The zero-order valence-electron chi connectivity index (χ0n) is 6.88. The van der Waals surface area contributed by atoms with Crippen molar-refractivity contribution in [2.24, 2.45) is 5.73 Å². The molecule has 1 aromatic carbocycles. The number of hydrogen-bond donors (Lipinski definition) is 1. The third-order valence-corrected chi connectivity index (χ3v) is 1.48. The summed E-state index contributed by atoms with van der Waals surface area (Å²) in [5.41, 5.74) is 7.57. The maximum Gasteiger partial charge on any atom is 0.0252 e. The molecular weight excluding hydrogens is 146 g/mol. The van der Waals surface area contributed by atoms with E-state index in [0.29, 0.717) is 6.54 Å². The minimum absolute atomic E-state index is 0.559. The van der Waals surface area contributed by atoms with E-state index in [9.17, 15) is 0 Å². The largest absolute Gasteiger partial charge is 0.326 e. The molecule has 12 heavy (non-hydrogen) atoms. The number of benzene rings is 1. The molecule has 0 saturated heterocycles. The Morgan fingerprint density at radius 1 is 1.50 bits per heavy atom. The predicted molar refractivity (Wildman–Crippen MR) is 51.4 cm³/mol. The highest BCUT2D eigenvalue weighted by atomic mass is 14.5. The SMILES string of the molecule is C=CC#Cc1cccc(CN)c1. The second-order valence-corrected chi connectivity index (χ2v) is 2.38. The van der Waals surface area contributed by atoms with Gasteiger partial charge in [-0.3, -0.25) is 0 Å². The standard InChI is InChI=1S/C11H11N/c1-2-3-5-10-6-4-7-11(8-10)9-12/h2,4,6-8H,1,9,12H2. The zero-order valence-corrected chi connectivity index (χ0v) is 6.88. The van der Waals surface area contributed by atoms with E-state index in [2.05, 4.69) is 18.4 Å². The van der Waals surface area contributed by atoms with Gasteiger partial charge in [0.25, 0.3) is 0 Å². The van der Waals surface area contributed by atoms with Gasteiger partial charge in [-0.25, -0.2) is 0 Å². The van der Waals surface area contributed by atoms with Crippen LogP contribution in [0.5, 0.6) is 0 Å². The van der Waals surface area contributed by atoms with Crippen LogP contribution in [0.25, 0.3) is 0 Å². The van der Waals surface area contributed by atoms with Crippen LogP contribution in [0.15, 0.2) is 36.9 Å². The summed E-state index contributed by atoms with van der Waals surface area (Å²) >= 11 is 0. The van der Waals surface area contributed by atoms with Gasteiger partial charge in [-0.1, -0.05) is 30.6 Å². The molecule has 0 unspecified atom stereocenters. The van der Waals surface area contributed by atoms with Gasteiger partial charge in [0.15, 0.2) is 0 Å². The van der Waals surface area contributed by atoms with Gasteiger partial charge in [0, 0.05) is 12.1 Å². The Bertz CT molecular complexity index is 328. The van der Waals surface area contributed by atoms with Crippen molar-refractivity contribution >= 4 is 0 Å². The highest BCUT2D eigenvalue weighted by molar-refractivity contribution is 5.38. The highest BCUT2D eigenvalue weighted by Crippen LogP contribution is 2.02. The van der Waals surface area contributed by atoms with Crippen molar-refractivity contribution in [2.75, 3.05) is 0 Å². The van der Waals surface area contributed by atoms with Crippen LogP contribution in [0, 0.1) is 11.8 Å². The molecule has 2 N–H and O–H groups in total. The van der Waals surface area contributed by atoms with Gasteiger partial charge in [0.2, 0.25) is 0 Å². The van der Waals surface area contributed by atoms with E-state index in [0.717, 1.165) is 11.1 Å².